The van der Waals surface area contributed by atoms with Gasteiger partial charge in [-0.05, 0) is 50.6 Å². The van der Waals surface area contributed by atoms with Crippen molar-refractivity contribution in [2.45, 2.75) is 25.8 Å². The van der Waals surface area contributed by atoms with E-state index < -0.39 is 0 Å². The molecule has 0 aliphatic carbocycles. The third-order valence-electron chi connectivity index (χ3n) is 4.39. The summed E-state index contributed by atoms with van der Waals surface area (Å²) in [6.45, 7) is 4.76. The fraction of sp³-hybridized carbons (Fsp3) is 0.588. The lowest BCUT2D eigenvalue weighted by atomic mass is 10.00. The van der Waals surface area contributed by atoms with Crippen LogP contribution in [-0.4, -0.2) is 49.5 Å². The molecule has 0 amide bonds. The first-order valence-corrected chi connectivity index (χ1v) is 7.94. The van der Waals surface area contributed by atoms with Crippen molar-refractivity contribution in [2.24, 2.45) is 16.6 Å². The van der Waals surface area contributed by atoms with E-state index >= 15 is 0 Å². The number of rotatable bonds is 4. The van der Waals surface area contributed by atoms with Gasteiger partial charge in [0.15, 0.2) is 5.96 Å². The van der Waals surface area contributed by atoms with Crippen LogP contribution in [0.3, 0.4) is 0 Å². The predicted octanol–water partition coefficient (Wildman–Crippen LogP) is 3.09. The Morgan fingerprint density at radius 1 is 1.39 bits per heavy atom. The number of hydrogen-bond acceptors (Lipinski definition) is 2. The molecule has 1 unspecified atom stereocenters. The average molecular weight is 434 g/mol. The van der Waals surface area contributed by atoms with Gasteiger partial charge in [0, 0.05) is 13.1 Å². The number of nitrogens with two attached hydrogens (primary N) is 1. The van der Waals surface area contributed by atoms with Crippen LogP contribution in [0.4, 0.5) is 4.39 Å². The zero-order valence-electron chi connectivity index (χ0n) is 14.2. The van der Waals surface area contributed by atoms with E-state index in [2.05, 4.69) is 16.8 Å². The second-order valence-electron chi connectivity index (χ2n) is 6.40. The predicted molar refractivity (Wildman–Crippen MR) is 105 cm³/mol. The van der Waals surface area contributed by atoms with Crippen LogP contribution in [0, 0.1) is 11.7 Å². The Balaban J connectivity index is 0.00000264. The summed E-state index contributed by atoms with van der Waals surface area (Å²) >= 11 is 0. The van der Waals surface area contributed by atoms with Gasteiger partial charge in [0.1, 0.15) is 5.82 Å². The number of likely N-dealkylation sites (N-methyl/N-ethyl adjacent to an activating group) is 1. The smallest absolute Gasteiger partial charge is 0.191 e. The van der Waals surface area contributed by atoms with Gasteiger partial charge in [-0.15, -0.1) is 24.0 Å². The molecule has 2 N–H and O–H groups in total. The number of benzene rings is 1. The minimum absolute atomic E-state index is 0. The molecular weight excluding hydrogens is 406 g/mol. The molecule has 1 aromatic rings. The van der Waals surface area contributed by atoms with Crippen molar-refractivity contribution in [2.75, 3.05) is 33.7 Å². The van der Waals surface area contributed by atoms with Crippen molar-refractivity contribution in [1.82, 2.24) is 9.80 Å². The number of piperidine rings is 1. The van der Waals surface area contributed by atoms with Gasteiger partial charge in [-0.1, -0.05) is 19.1 Å². The number of likely N-dealkylation sites (tertiary alicyclic amines) is 1. The number of aliphatic imine (C=N–C) groups is 1. The van der Waals surface area contributed by atoms with Gasteiger partial charge >= 0.3 is 0 Å². The molecule has 4 nitrogen and oxygen atoms in total. The Morgan fingerprint density at radius 3 is 2.61 bits per heavy atom. The number of nitrogens with zero attached hydrogens (tertiary/aromatic N) is 3. The van der Waals surface area contributed by atoms with Crippen molar-refractivity contribution in [3.05, 3.63) is 35.6 Å². The van der Waals surface area contributed by atoms with Crippen molar-refractivity contribution in [1.29, 1.82) is 0 Å². The summed E-state index contributed by atoms with van der Waals surface area (Å²) in [4.78, 5) is 8.75. The minimum Gasteiger partial charge on any atom is -0.370 e. The molecule has 0 radical (unpaired) electrons. The normalized spacial score (nSPS) is 18.0. The van der Waals surface area contributed by atoms with E-state index in [1.807, 2.05) is 25.1 Å². The van der Waals surface area contributed by atoms with Gasteiger partial charge in [-0.3, -0.25) is 4.99 Å². The average Bonchev–Trinajstić information content (AvgIpc) is 2.47. The molecule has 130 valence electrons. The molecule has 1 atom stereocenters. The van der Waals surface area contributed by atoms with E-state index in [1.165, 1.54) is 6.07 Å². The standard InChI is InChI=1S/C17H27FN4.HI/c1-13-7-9-22(10-8-13)17(19)20-12-16(21(2)3)14-5-4-6-15(18)11-14;/h4-6,11,13,16H,7-10,12H2,1-3H3,(H2,19,20);1H. The van der Waals surface area contributed by atoms with Crippen LogP contribution < -0.4 is 5.73 Å². The van der Waals surface area contributed by atoms with E-state index in [0.29, 0.717) is 12.5 Å². The van der Waals surface area contributed by atoms with Gasteiger partial charge in [-0.25, -0.2) is 4.39 Å². The molecule has 1 saturated heterocycles. The fourth-order valence-corrected chi connectivity index (χ4v) is 2.80. The number of hydrogen-bond donors (Lipinski definition) is 1. The highest BCUT2D eigenvalue weighted by Crippen LogP contribution is 2.20. The number of guanidine groups is 1. The van der Waals surface area contributed by atoms with Gasteiger partial charge < -0.3 is 15.5 Å². The van der Waals surface area contributed by atoms with Crippen LogP contribution in [0.5, 0.6) is 0 Å². The van der Waals surface area contributed by atoms with Crippen LogP contribution in [0.2, 0.25) is 0 Å². The molecule has 0 saturated carbocycles. The minimum atomic E-state index is -0.216. The lowest BCUT2D eigenvalue weighted by Crippen LogP contribution is -2.43. The highest BCUT2D eigenvalue weighted by molar-refractivity contribution is 14.0. The Hall–Kier alpha value is -0.890. The summed E-state index contributed by atoms with van der Waals surface area (Å²) < 4.78 is 13.4. The Morgan fingerprint density at radius 2 is 2.04 bits per heavy atom. The molecule has 1 fully saturated rings. The third-order valence-corrected chi connectivity index (χ3v) is 4.39. The Kier molecular flexibility index (Phi) is 8.25. The zero-order chi connectivity index (χ0) is 16.1. The van der Waals surface area contributed by atoms with Crippen molar-refractivity contribution < 1.29 is 4.39 Å². The second kappa shape index (κ2) is 9.42. The maximum absolute atomic E-state index is 13.4. The van der Waals surface area contributed by atoms with Crippen LogP contribution in [-0.2, 0) is 0 Å². The van der Waals surface area contributed by atoms with Crippen molar-refractivity contribution >= 4 is 29.9 Å². The van der Waals surface area contributed by atoms with E-state index in [1.54, 1.807) is 12.1 Å². The topological polar surface area (TPSA) is 44.9 Å². The SMILES string of the molecule is CC1CCN(C(N)=NCC(c2cccc(F)c2)N(C)C)CC1.I. The lowest BCUT2D eigenvalue weighted by molar-refractivity contribution is 0.274. The van der Waals surface area contributed by atoms with Gasteiger partial charge in [0.05, 0.1) is 12.6 Å². The molecule has 2 rings (SSSR count). The van der Waals surface area contributed by atoms with Gasteiger partial charge in [0.2, 0.25) is 0 Å². The molecule has 6 heteroatoms. The van der Waals surface area contributed by atoms with Gasteiger partial charge in [-0.2, -0.15) is 0 Å². The quantitative estimate of drug-likeness (QED) is 0.450. The Bertz CT molecular complexity index is 513. The maximum Gasteiger partial charge on any atom is 0.191 e. The molecule has 1 aromatic carbocycles. The van der Waals surface area contributed by atoms with E-state index in [4.69, 9.17) is 5.73 Å². The van der Waals surface area contributed by atoms with Crippen LogP contribution in [0.25, 0.3) is 0 Å². The summed E-state index contributed by atoms with van der Waals surface area (Å²) in [6, 6.07) is 6.72. The molecule has 1 heterocycles. The molecular formula is C17H28FIN4. The zero-order valence-corrected chi connectivity index (χ0v) is 16.5. The van der Waals surface area contributed by atoms with Crippen LogP contribution in [0.1, 0.15) is 31.4 Å². The van der Waals surface area contributed by atoms with Crippen molar-refractivity contribution in [3.63, 3.8) is 0 Å². The van der Waals surface area contributed by atoms with Crippen LogP contribution in [0.15, 0.2) is 29.3 Å². The summed E-state index contributed by atoms with van der Waals surface area (Å²) in [5, 5.41) is 0. The molecule has 0 aromatic heterocycles. The summed E-state index contributed by atoms with van der Waals surface area (Å²) in [7, 11) is 3.95. The number of halogens is 2. The Labute approximate surface area is 156 Å². The van der Waals surface area contributed by atoms with E-state index in [-0.39, 0.29) is 35.8 Å². The molecule has 0 spiro atoms. The first kappa shape index (κ1) is 20.2. The van der Waals surface area contributed by atoms with E-state index in [9.17, 15) is 4.39 Å². The summed E-state index contributed by atoms with van der Waals surface area (Å²) in [6.07, 6.45) is 2.33. The second-order valence-corrected chi connectivity index (χ2v) is 6.40. The lowest BCUT2D eigenvalue weighted by Gasteiger charge is -2.31. The monoisotopic (exact) mass is 434 g/mol. The molecule has 23 heavy (non-hydrogen) atoms. The summed E-state index contributed by atoms with van der Waals surface area (Å²) in [5.74, 6) is 1.16. The maximum atomic E-state index is 13.4. The van der Waals surface area contributed by atoms with E-state index in [0.717, 1.165) is 37.4 Å². The van der Waals surface area contributed by atoms with Crippen LogP contribution >= 0.6 is 24.0 Å². The molecule has 1 aliphatic rings. The highest BCUT2D eigenvalue weighted by atomic mass is 127. The van der Waals surface area contributed by atoms with Crippen molar-refractivity contribution in [3.8, 4) is 0 Å². The fourth-order valence-electron chi connectivity index (χ4n) is 2.80. The summed E-state index contributed by atoms with van der Waals surface area (Å²) in [5.41, 5.74) is 7.06. The highest BCUT2D eigenvalue weighted by Gasteiger charge is 2.18. The largest absolute Gasteiger partial charge is 0.370 e. The molecule has 0 bridgehead atoms. The third kappa shape index (κ3) is 5.91. The first-order chi connectivity index (χ1) is 10.5. The van der Waals surface area contributed by atoms with Gasteiger partial charge in [0.25, 0.3) is 0 Å². The first-order valence-electron chi connectivity index (χ1n) is 7.94. The molecule has 1 aliphatic heterocycles.